The number of aliphatic imine (C=N–C) groups is 1. The third-order valence-electron chi connectivity index (χ3n) is 6.47. The average Bonchev–Trinajstić information content (AvgIpc) is 3.40. The minimum Gasteiger partial charge on any atom is -0.357 e. The lowest BCUT2D eigenvalue weighted by molar-refractivity contribution is -0.135. The molecule has 3 fully saturated rings. The van der Waals surface area contributed by atoms with E-state index >= 15 is 0 Å². The normalized spacial score (nSPS) is 24.0. The van der Waals surface area contributed by atoms with Gasteiger partial charge in [-0.15, -0.1) is 0 Å². The van der Waals surface area contributed by atoms with E-state index in [9.17, 15) is 9.59 Å². The molecule has 3 N–H and O–H groups in total. The second kappa shape index (κ2) is 11.4. The number of carbonyl (C=O) groups is 2. The molecule has 29 heavy (non-hydrogen) atoms. The highest BCUT2D eigenvalue weighted by atomic mass is 16.2. The number of carbonyl (C=O) groups excluding carboxylic acids is 2. The molecular formula is C22H39N5O2. The van der Waals surface area contributed by atoms with Crippen LogP contribution in [-0.4, -0.2) is 60.9 Å². The number of hydrogen-bond donors (Lipinski definition) is 3. The van der Waals surface area contributed by atoms with E-state index in [-0.39, 0.29) is 17.9 Å². The Hall–Kier alpha value is -1.79. The van der Waals surface area contributed by atoms with Crippen LogP contribution in [0.15, 0.2) is 4.99 Å². The van der Waals surface area contributed by atoms with Crippen molar-refractivity contribution in [3.05, 3.63) is 0 Å². The second-order valence-electron chi connectivity index (χ2n) is 8.81. The summed E-state index contributed by atoms with van der Waals surface area (Å²) in [6.07, 6.45) is 11.8. The molecule has 164 valence electrons. The van der Waals surface area contributed by atoms with Gasteiger partial charge in [0, 0.05) is 44.1 Å². The van der Waals surface area contributed by atoms with Crippen molar-refractivity contribution in [2.24, 2.45) is 10.9 Å². The Kier molecular flexibility index (Phi) is 8.62. The van der Waals surface area contributed by atoms with Crippen LogP contribution in [0.3, 0.4) is 0 Å². The molecule has 7 heteroatoms. The summed E-state index contributed by atoms with van der Waals surface area (Å²) in [7, 11) is 0. The molecule has 0 aromatic rings. The molecule has 1 saturated heterocycles. The molecule has 2 amide bonds. The van der Waals surface area contributed by atoms with Crippen LogP contribution in [0, 0.1) is 5.92 Å². The molecule has 2 saturated carbocycles. The van der Waals surface area contributed by atoms with Crippen LogP contribution in [0.4, 0.5) is 0 Å². The molecule has 1 heterocycles. The molecule has 0 spiro atoms. The van der Waals surface area contributed by atoms with E-state index in [1.54, 1.807) is 0 Å². The van der Waals surface area contributed by atoms with Crippen LogP contribution in [-0.2, 0) is 9.59 Å². The lowest BCUT2D eigenvalue weighted by Gasteiger charge is -2.26. The van der Waals surface area contributed by atoms with E-state index in [2.05, 4.69) is 20.9 Å². The molecular weight excluding hydrogens is 366 g/mol. The van der Waals surface area contributed by atoms with Gasteiger partial charge in [0.2, 0.25) is 11.8 Å². The van der Waals surface area contributed by atoms with Crippen LogP contribution < -0.4 is 16.0 Å². The smallest absolute Gasteiger partial charge is 0.225 e. The Morgan fingerprint density at radius 1 is 0.931 bits per heavy atom. The summed E-state index contributed by atoms with van der Waals surface area (Å²) in [4.78, 5) is 31.5. The van der Waals surface area contributed by atoms with E-state index < -0.39 is 0 Å². The van der Waals surface area contributed by atoms with Gasteiger partial charge in [0.25, 0.3) is 0 Å². The monoisotopic (exact) mass is 405 g/mol. The summed E-state index contributed by atoms with van der Waals surface area (Å²) < 4.78 is 0. The first-order valence-corrected chi connectivity index (χ1v) is 11.8. The van der Waals surface area contributed by atoms with Crippen molar-refractivity contribution in [3.63, 3.8) is 0 Å². The third kappa shape index (κ3) is 6.89. The number of nitrogens with one attached hydrogen (secondary N) is 3. The highest BCUT2D eigenvalue weighted by molar-refractivity contribution is 5.82. The molecule has 2 aliphatic carbocycles. The van der Waals surface area contributed by atoms with Crippen molar-refractivity contribution in [2.45, 2.75) is 89.6 Å². The zero-order valence-corrected chi connectivity index (χ0v) is 18.0. The molecule has 0 bridgehead atoms. The van der Waals surface area contributed by atoms with Crippen molar-refractivity contribution in [1.29, 1.82) is 0 Å². The van der Waals surface area contributed by atoms with Crippen LogP contribution in [0.2, 0.25) is 0 Å². The Bertz CT molecular complexity index is 568. The lowest BCUT2D eigenvalue weighted by Crippen LogP contribution is -2.45. The Morgan fingerprint density at radius 3 is 2.38 bits per heavy atom. The topological polar surface area (TPSA) is 85.8 Å². The quantitative estimate of drug-likeness (QED) is 0.448. The highest BCUT2D eigenvalue weighted by Gasteiger charge is 2.31. The molecule has 1 aliphatic heterocycles. The van der Waals surface area contributed by atoms with Gasteiger partial charge < -0.3 is 20.9 Å². The lowest BCUT2D eigenvalue weighted by atomic mass is 9.88. The van der Waals surface area contributed by atoms with Crippen LogP contribution in [0.25, 0.3) is 0 Å². The molecule has 0 aromatic heterocycles. The molecule has 3 rings (SSSR count). The zero-order chi connectivity index (χ0) is 20.5. The van der Waals surface area contributed by atoms with Crippen LogP contribution >= 0.6 is 0 Å². The first kappa shape index (κ1) is 21.9. The van der Waals surface area contributed by atoms with Crippen molar-refractivity contribution >= 4 is 17.8 Å². The van der Waals surface area contributed by atoms with Gasteiger partial charge in [-0.05, 0) is 39.0 Å². The number of nitrogens with zero attached hydrogens (tertiary/aromatic N) is 2. The van der Waals surface area contributed by atoms with Crippen molar-refractivity contribution in [3.8, 4) is 0 Å². The molecule has 3 aliphatic rings. The first-order valence-electron chi connectivity index (χ1n) is 11.8. The van der Waals surface area contributed by atoms with Gasteiger partial charge in [-0.2, -0.15) is 0 Å². The maximum Gasteiger partial charge on any atom is 0.225 e. The number of rotatable bonds is 7. The van der Waals surface area contributed by atoms with Crippen molar-refractivity contribution in [1.82, 2.24) is 20.9 Å². The highest BCUT2D eigenvalue weighted by Crippen LogP contribution is 2.26. The van der Waals surface area contributed by atoms with Gasteiger partial charge in [0.05, 0.1) is 6.54 Å². The van der Waals surface area contributed by atoms with Crippen molar-refractivity contribution < 1.29 is 9.59 Å². The van der Waals surface area contributed by atoms with E-state index in [4.69, 9.17) is 0 Å². The fourth-order valence-electron chi connectivity index (χ4n) is 4.84. The zero-order valence-electron chi connectivity index (χ0n) is 18.0. The molecule has 0 radical (unpaired) electrons. The number of hydrogen-bond acceptors (Lipinski definition) is 3. The largest absolute Gasteiger partial charge is 0.357 e. The van der Waals surface area contributed by atoms with Crippen molar-refractivity contribution in [2.75, 3.05) is 26.2 Å². The maximum absolute atomic E-state index is 12.8. The summed E-state index contributed by atoms with van der Waals surface area (Å²) >= 11 is 0. The summed E-state index contributed by atoms with van der Waals surface area (Å²) in [5.74, 6) is 1.43. The summed E-state index contributed by atoms with van der Waals surface area (Å²) in [5, 5.41) is 9.85. The Labute approximate surface area is 175 Å². The SMILES string of the molecule is CCNC(=NCCC(=O)NC1CCCC1)NC1CCN(C(=O)C2CCCCC2)C1. The number of guanidine groups is 1. The van der Waals surface area contributed by atoms with E-state index in [0.29, 0.717) is 24.9 Å². The molecule has 0 aromatic carbocycles. The third-order valence-corrected chi connectivity index (χ3v) is 6.47. The van der Waals surface area contributed by atoms with Gasteiger partial charge in [-0.1, -0.05) is 32.1 Å². The van der Waals surface area contributed by atoms with Gasteiger partial charge in [-0.3, -0.25) is 14.6 Å². The Morgan fingerprint density at radius 2 is 1.66 bits per heavy atom. The standard InChI is InChI=1S/C22H39N5O2/c1-2-23-22(24-14-12-20(28)25-18-10-6-7-11-18)26-19-13-15-27(16-19)21(29)17-8-4-3-5-9-17/h17-19H,2-16H2,1H3,(H,25,28)(H2,23,24,26). The van der Waals surface area contributed by atoms with Gasteiger partial charge >= 0.3 is 0 Å². The van der Waals surface area contributed by atoms with Crippen LogP contribution in [0.5, 0.6) is 0 Å². The number of amides is 2. The van der Waals surface area contributed by atoms with Gasteiger partial charge in [0.15, 0.2) is 5.96 Å². The second-order valence-corrected chi connectivity index (χ2v) is 8.81. The average molecular weight is 406 g/mol. The predicted molar refractivity (Wildman–Crippen MR) is 116 cm³/mol. The minimum absolute atomic E-state index is 0.0987. The van der Waals surface area contributed by atoms with E-state index in [1.165, 1.54) is 32.1 Å². The maximum atomic E-state index is 12.8. The van der Waals surface area contributed by atoms with E-state index in [1.807, 2.05) is 11.8 Å². The van der Waals surface area contributed by atoms with E-state index in [0.717, 1.165) is 57.7 Å². The van der Waals surface area contributed by atoms with Crippen LogP contribution in [0.1, 0.15) is 77.6 Å². The molecule has 1 atom stereocenters. The minimum atomic E-state index is 0.0987. The summed E-state index contributed by atoms with van der Waals surface area (Å²) in [6, 6.07) is 0.594. The van der Waals surface area contributed by atoms with Gasteiger partial charge in [-0.25, -0.2) is 0 Å². The molecule has 1 unspecified atom stereocenters. The Balaban J connectivity index is 1.41. The molecule has 7 nitrogen and oxygen atoms in total. The summed E-state index contributed by atoms with van der Waals surface area (Å²) in [5.41, 5.74) is 0. The predicted octanol–water partition coefficient (Wildman–Crippen LogP) is 2.17. The first-order chi connectivity index (χ1) is 14.2. The number of likely N-dealkylation sites (tertiary alicyclic amines) is 1. The fraction of sp³-hybridized carbons (Fsp3) is 0.864. The van der Waals surface area contributed by atoms with Gasteiger partial charge in [0.1, 0.15) is 0 Å². The summed E-state index contributed by atoms with van der Waals surface area (Å²) in [6.45, 7) is 4.87. The fourth-order valence-corrected chi connectivity index (χ4v) is 4.84.